The fraction of sp³-hybridized carbons (Fsp3) is 0.500. The summed E-state index contributed by atoms with van der Waals surface area (Å²) in [5.41, 5.74) is -1.76. The number of amides is 1. The van der Waals surface area contributed by atoms with E-state index >= 15 is 0 Å². The van der Waals surface area contributed by atoms with Gasteiger partial charge >= 0.3 is 12.4 Å². The first-order valence-corrected chi connectivity index (χ1v) is 14.2. The molecule has 0 bridgehead atoms. The molecule has 6 nitrogen and oxygen atoms in total. The van der Waals surface area contributed by atoms with Gasteiger partial charge in [-0.1, -0.05) is 18.2 Å². The molecule has 14 heteroatoms. The Hall–Kier alpha value is -2.51. The van der Waals surface area contributed by atoms with E-state index < -0.39 is 41.0 Å². The van der Waals surface area contributed by atoms with Gasteiger partial charge in [-0.15, -0.1) is 24.8 Å². The molecule has 0 radical (unpaired) electrons. The number of piperazine rings is 1. The number of para-hydroxylation sites is 1. The Morgan fingerprint density at radius 2 is 1.55 bits per heavy atom. The average molecular weight is 670 g/mol. The molecule has 44 heavy (non-hydrogen) atoms. The highest BCUT2D eigenvalue weighted by Gasteiger charge is 2.39. The van der Waals surface area contributed by atoms with E-state index in [1.165, 1.54) is 4.90 Å². The topological polar surface area (TPSA) is 51.8 Å². The van der Waals surface area contributed by atoms with Crippen molar-refractivity contribution in [2.75, 3.05) is 59.0 Å². The van der Waals surface area contributed by atoms with Crippen LogP contribution >= 0.6 is 24.8 Å². The van der Waals surface area contributed by atoms with Crippen molar-refractivity contribution >= 4 is 41.6 Å². The van der Waals surface area contributed by atoms with E-state index in [1.54, 1.807) is 0 Å². The highest BCUT2D eigenvalue weighted by Crippen LogP contribution is 2.37. The van der Waals surface area contributed by atoms with Gasteiger partial charge in [0.05, 0.1) is 17.7 Å². The SMILES string of the molecule is Cl.Cl.O=C(c1cc(C(F)(F)F)cc(C(F)(F)F)c1)N1CCN(CCCN2CCCOCC2)C[C@H]1Cc1c[nH]c2ccccc12. The second kappa shape index (κ2) is 15.2. The highest BCUT2D eigenvalue weighted by atomic mass is 35.5. The van der Waals surface area contributed by atoms with E-state index in [1.807, 2.05) is 30.5 Å². The summed E-state index contributed by atoms with van der Waals surface area (Å²) in [6.45, 7) is 6.12. The van der Waals surface area contributed by atoms with Crippen LogP contribution in [0, 0.1) is 0 Å². The van der Waals surface area contributed by atoms with Crippen molar-refractivity contribution in [3.05, 3.63) is 70.9 Å². The molecule has 0 unspecified atom stereocenters. The summed E-state index contributed by atoms with van der Waals surface area (Å²) in [7, 11) is 0. The Balaban J connectivity index is 0.00000264. The predicted octanol–water partition coefficient (Wildman–Crippen LogP) is 6.53. The van der Waals surface area contributed by atoms with E-state index in [2.05, 4.69) is 14.8 Å². The predicted molar refractivity (Wildman–Crippen MR) is 161 cm³/mol. The lowest BCUT2D eigenvalue weighted by atomic mass is 9.98. The fourth-order valence-electron chi connectivity index (χ4n) is 5.90. The zero-order valence-electron chi connectivity index (χ0n) is 23.9. The summed E-state index contributed by atoms with van der Waals surface area (Å²) >= 11 is 0. The van der Waals surface area contributed by atoms with Gasteiger partial charge in [0.1, 0.15) is 0 Å². The van der Waals surface area contributed by atoms with Crippen LogP contribution in [0.5, 0.6) is 0 Å². The Labute approximate surface area is 264 Å². The van der Waals surface area contributed by atoms with Crippen LogP contribution in [0.15, 0.2) is 48.7 Å². The van der Waals surface area contributed by atoms with Crippen LogP contribution in [-0.2, 0) is 23.5 Å². The van der Waals surface area contributed by atoms with Gasteiger partial charge in [-0.25, -0.2) is 0 Å². The van der Waals surface area contributed by atoms with Crippen LogP contribution in [0.1, 0.15) is 39.9 Å². The second-order valence-corrected chi connectivity index (χ2v) is 11.0. The Bertz CT molecular complexity index is 1340. The lowest BCUT2D eigenvalue weighted by Crippen LogP contribution is -2.56. The molecule has 0 spiro atoms. The minimum Gasteiger partial charge on any atom is -0.380 e. The molecule has 244 valence electrons. The van der Waals surface area contributed by atoms with Crippen LogP contribution < -0.4 is 0 Å². The Kier molecular flexibility index (Phi) is 12.4. The number of hydrogen-bond donors (Lipinski definition) is 1. The second-order valence-electron chi connectivity index (χ2n) is 11.0. The van der Waals surface area contributed by atoms with Crippen LogP contribution in [-0.4, -0.2) is 90.7 Å². The number of ether oxygens (including phenoxy) is 1. The number of aromatic amines is 1. The van der Waals surface area contributed by atoms with Crippen molar-refractivity contribution in [3.63, 3.8) is 0 Å². The lowest BCUT2D eigenvalue weighted by Gasteiger charge is -2.42. The first kappa shape index (κ1) is 36.0. The maximum atomic E-state index is 13.7. The van der Waals surface area contributed by atoms with Crippen LogP contribution in [0.3, 0.4) is 0 Å². The molecule has 3 heterocycles. The van der Waals surface area contributed by atoms with Gasteiger partial charge in [0.2, 0.25) is 0 Å². The third-order valence-corrected chi connectivity index (χ3v) is 8.06. The number of nitrogens with zero attached hydrogens (tertiary/aromatic N) is 3. The van der Waals surface area contributed by atoms with Gasteiger partial charge in [0.25, 0.3) is 5.91 Å². The summed E-state index contributed by atoms with van der Waals surface area (Å²) in [6.07, 6.45) is -5.92. The monoisotopic (exact) mass is 668 g/mol. The van der Waals surface area contributed by atoms with Gasteiger partial charge in [-0.05, 0) is 62.2 Å². The molecule has 2 aromatic carbocycles. The number of benzene rings is 2. The normalized spacial score (nSPS) is 18.9. The van der Waals surface area contributed by atoms with E-state index in [0.29, 0.717) is 38.2 Å². The maximum absolute atomic E-state index is 13.7. The maximum Gasteiger partial charge on any atom is 0.416 e. The summed E-state index contributed by atoms with van der Waals surface area (Å²) in [6, 6.07) is 8.31. The molecular weight excluding hydrogens is 633 g/mol. The number of nitrogens with one attached hydrogen (secondary N) is 1. The molecule has 2 aliphatic heterocycles. The fourth-order valence-corrected chi connectivity index (χ4v) is 5.90. The number of halogens is 8. The number of rotatable bonds is 7. The molecule has 1 N–H and O–H groups in total. The molecule has 2 saturated heterocycles. The van der Waals surface area contributed by atoms with Gasteiger partial charge in [-0.2, -0.15) is 26.3 Å². The van der Waals surface area contributed by atoms with E-state index in [0.717, 1.165) is 62.1 Å². The molecular formula is C30H36Cl2F6N4O2. The molecule has 3 aromatic rings. The molecule has 1 atom stereocenters. The molecule has 2 aliphatic rings. The summed E-state index contributed by atoms with van der Waals surface area (Å²) in [5.74, 6) is -0.833. The van der Waals surface area contributed by atoms with Crippen molar-refractivity contribution in [2.45, 2.75) is 37.7 Å². The lowest BCUT2D eigenvalue weighted by molar-refractivity contribution is -0.143. The molecule has 0 aliphatic carbocycles. The standard InChI is InChI=1S/C30H34F6N4O2.2ClH/c31-29(32,33)23-15-21(16-24(18-23)30(34,35)36)28(41)40-11-10-39(8-3-7-38-9-4-13-42-14-12-38)20-25(40)17-22-19-37-27-6-2-1-5-26(22)27;;/h1-2,5-6,15-16,18-19,25,37H,3-4,7-14,17,20H2;2*1H/t25-;;/m1../s1. The highest BCUT2D eigenvalue weighted by molar-refractivity contribution is 5.95. The van der Waals surface area contributed by atoms with Crippen molar-refractivity contribution in [3.8, 4) is 0 Å². The van der Waals surface area contributed by atoms with Crippen molar-refractivity contribution in [1.82, 2.24) is 19.7 Å². The molecule has 1 amide bonds. The third kappa shape index (κ3) is 8.81. The Morgan fingerprint density at radius 3 is 2.25 bits per heavy atom. The number of hydrogen-bond acceptors (Lipinski definition) is 4. The van der Waals surface area contributed by atoms with E-state index in [9.17, 15) is 31.1 Å². The van der Waals surface area contributed by atoms with Crippen molar-refractivity contribution in [1.29, 1.82) is 0 Å². The molecule has 5 rings (SSSR count). The van der Waals surface area contributed by atoms with Crippen LogP contribution in [0.25, 0.3) is 10.9 Å². The van der Waals surface area contributed by atoms with Gasteiger partial charge < -0.3 is 19.5 Å². The molecule has 1 aromatic heterocycles. The largest absolute Gasteiger partial charge is 0.416 e. The number of alkyl halides is 6. The Morgan fingerprint density at radius 1 is 0.864 bits per heavy atom. The number of H-pyrrole nitrogens is 1. The smallest absolute Gasteiger partial charge is 0.380 e. The van der Waals surface area contributed by atoms with Gasteiger partial charge in [0.15, 0.2) is 0 Å². The minimum atomic E-state index is -5.03. The zero-order valence-corrected chi connectivity index (χ0v) is 25.6. The number of fused-ring (bicyclic) bond motifs is 1. The van der Waals surface area contributed by atoms with E-state index in [4.69, 9.17) is 4.74 Å². The van der Waals surface area contributed by atoms with Gasteiger partial charge in [-0.3, -0.25) is 9.69 Å². The van der Waals surface area contributed by atoms with Crippen molar-refractivity contribution < 1.29 is 35.9 Å². The average Bonchev–Trinajstić information content (AvgIpc) is 3.16. The van der Waals surface area contributed by atoms with Crippen molar-refractivity contribution in [2.24, 2.45) is 0 Å². The first-order valence-electron chi connectivity index (χ1n) is 14.2. The number of carbonyl (C=O) groups is 1. The minimum absolute atomic E-state index is 0. The summed E-state index contributed by atoms with van der Waals surface area (Å²) < 4.78 is 86.7. The molecule has 2 fully saturated rings. The van der Waals surface area contributed by atoms with Crippen LogP contribution in [0.4, 0.5) is 26.3 Å². The first-order chi connectivity index (χ1) is 20.0. The van der Waals surface area contributed by atoms with Crippen LogP contribution in [0.2, 0.25) is 0 Å². The number of carbonyl (C=O) groups excluding carboxylic acids is 1. The molecule has 0 saturated carbocycles. The zero-order chi connectivity index (χ0) is 29.9. The third-order valence-electron chi connectivity index (χ3n) is 8.06. The van der Waals surface area contributed by atoms with E-state index in [-0.39, 0.29) is 37.4 Å². The van der Waals surface area contributed by atoms with Gasteiger partial charge in [0, 0.05) is 68.0 Å². The quantitative estimate of drug-likeness (QED) is 0.291. The number of aromatic nitrogens is 1. The summed E-state index contributed by atoms with van der Waals surface area (Å²) in [4.78, 5) is 22.9. The summed E-state index contributed by atoms with van der Waals surface area (Å²) in [5, 5.41) is 0.962.